The number of methoxy groups -OCH3 is 1. The fourth-order valence-electron chi connectivity index (χ4n) is 5.13. The minimum Gasteiger partial charge on any atom is -0.496 e. The molecule has 0 amide bonds. The van der Waals surface area contributed by atoms with E-state index in [9.17, 15) is 26.4 Å². The molecular formula is C30H34ClF4N5O4S. The predicted octanol–water partition coefficient (Wildman–Crippen LogP) is 5.81. The fraction of sp³-hybridized carbons (Fsp3) is 0.433. The first-order valence-electron chi connectivity index (χ1n) is 14.0. The molecule has 45 heavy (non-hydrogen) atoms. The average molecular weight is 672 g/mol. The van der Waals surface area contributed by atoms with Crippen LogP contribution in [0.1, 0.15) is 52.1 Å². The van der Waals surface area contributed by atoms with Gasteiger partial charge in [-0.25, -0.2) is 22.8 Å². The maximum absolute atomic E-state index is 15.2. The van der Waals surface area contributed by atoms with Crippen LogP contribution in [0.2, 0.25) is 5.02 Å². The van der Waals surface area contributed by atoms with Crippen LogP contribution in [-0.2, 0) is 29.2 Å². The zero-order valence-corrected chi connectivity index (χ0v) is 26.8. The number of benzene rings is 2. The van der Waals surface area contributed by atoms with Crippen LogP contribution in [0.4, 0.5) is 29.1 Å². The van der Waals surface area contributed by atoms with Crippen molar-refractivity contribution in [1.29, 1.82) is 0 Å². The summed E-state index contributed by atoms with van der Waals surface area (Å²) >= 11 is 6.05. The number of halogens is 5. The second kappa shape index (κ2) is 13.9. The average Bonchev–Trinajstić information content (AvgIpc) is 2.96. The van der Waals surface area contributed by atoms with E-state index in [1.165, 1.54) is 38.4 Å². The van der Waals surface area contributed by atoms with Crippen molar-refractivity contribution in [3.05, 3.63) is 75.4 Å². The summed E-state index contributed by atoms with van der Waals surface area (Å²) in [6.45, 7) is 1.49. The predicted molar refractivity (Wildman–Crippen MR) is 164 cm³/mol. The maximum atomic E-state index is 15.2. The molecule has 0 radical (unpaired) electrons. The summed E-state index contributed by atoms with van der Waals surface area (Å²) in [5, 5.41) is 2.88. The lowest BCUT2D eigenvalue weighted by molar-refractivity contribution is -0.137. The summed E-state index contributed by atoms with van der Waals surface area (Å²) in [6.07, 6.45) is -1.51. The molecule has 0 unspecified atom stereocenters. The Labute approximate surface area is 264 Å². The van der Waals surface area contributed by atoms with Crippen molar-refractivity contribution < 1.29 is 35.5 Å². The van der Waals surface area contributed by atoms with E-state index in [2.05, 4.69) is 20.2 Å². The molecule has 1 aromatic heterocycles. The summed E-state index contributed by atoms with van der Waals surface area (Å²) in [6, 6.07) is 6.79. The first kappa shape index (κ1) is 34.4. The standard InChI is InChI=1S/C30H34ClF4N5O4S/c1-39-9-7-18(8-10-39)11-26(41)22-15-27(44-3)20(12-24(22)32)13-28-36-17-23(30(33,34)35)29(38-28)37-16-19-5-6-21(31)14-25(19)40(2)45(4,42)43/h5-6,12,14-15,17-18H,7-11,13,16H2,1-4H3,(H,36,37,38). The second-order valence-electron chi connectivity index (χ2n) is 11.1. The van der Waals surface area contributed by atoms with Gasteiger partial charge in [0.1, 0.15) is 28.8 Å². The van der Waals surface area contributed by atoms with E-state index in [1.54, 1.807) is 0 Å². The van der Waals surface area contributed by atoms with Crippen LogP contribution >= 0.6 is 11.6 Å². The van der Waals surface area contributed by atoms with E-state index in [0.717, 1.165) is 42.6 Å². The second-order valence-corrected chi connectivity index (χ2v) is 13.5. The summed E-state index contributed by atoms with van der Waals surface area (Å²) < 4.78 is 87.6. The van der Waals surface area contributed by atoms with E-state index in [4.69, 9.17) is 16.3 Å². The van der Waals surface area contributed by atoms with Gasteiger partial charge in [0.25, 0.3) is 0 Å². The smallest absolute Gasteiger partial charge is 0.421 e. The highest BCUT2D eigenvalue weighted by molar-refractivity contribution is 7.92. The summed E-state index contributed by atoms with van der Waals surface area (Å²) in [4.78, 5) is 23.1. The molecule has 2 heterocycles. The Bertz CT molecular complexity index is 1660. The lowest BCUT2D eigenvalue weighted by atomic mass is 9.89. The number of nitrogens with one attached hydrogen (secondary N) is 1. The number of Topliss-reactive ketones (excluding diaryl/α,β-unsaturated/α-hetero) is 1. The molecule has 15 heteroatoms. The topological polar surface area (TPSA) is 105 Å². The molecule has 4 rings (SSSR count). The van der Waals surface area contributed by atoms with E-state index in [1.807, 2.05) is 7.05 Å². The van der Waals surface area contributed by atoms with Crippen LogP contribution in [0, 0.1) is 11.7 Å². The van der Waals surface area contributed by atoms with Crippen molar-refractivity contribution in [2.45, 2.75) is 38.4 Å². The van der Waals surface area contributed by atoms with Crippen molar-refractivity contribution >= 4 is 38.9 Å². The van der Waals surface area contributed by atoms with Crippen molar-refractivity contribution in [1.82, 2.24) is 14.9 Å². The minimum absolute atomic E-state index is 0.0711. The Balaban J connectivity index is 1.60. The molecule has 1 N–H and O–H groups in total. The number of aromatic nitrogens is 2. The number of nitrogens with zero attached hydrogens (tertiary/aromatic N) is 4. The van der Waals surface area contributed by atoms with Gasteiger partial charge in [0.05, 0.1) is 24.6 Å². The van der Waals surface area contributed by atoms with Crippen LogP contribution in [0.3, 0.4) is 0 Å². The van der Waals surface area contributed by atoms with Crippen molar-refractivity contribution in [3.63, 3.8) is 0 Å². The largest absolute Gasteiger partial charge is 0.496 e. The highest BCUT2D eigenvalue weighted by Gasteiger charge is 2.35. The normalized spacial score (nSPS) is 14.8. The maximum Gasteiger partial charge on any atom is 0.421 e. The van der Waals surface area contributed by atoms with Crippen molar-refractivity contribution in [2.75, 3.05) is 50.2 Å². The number of hydrogen-bond acceptors (Lipinski definition) is 8. The van der Waals surface area contributed by atoms with Gasteiger partial charge < -0.3 is 15.0 Å². The fourth-order valence-corrected chi connectivity index (χ4v) is 5.82. The molecule has 0 atom stereocenters. The minimum atomic E-state index is -4.81. The van der Waals surface area contributed by atoms with Crippen LogP contribution in [0.15, 0.2) is 36.5 Å². The molecule has 9 nitrogen and oxygen atoms in total. The van der Waals surface area contributed by atoms with Gasteiger partial charge in [-0.2, -0.15) is 13.2 Å². The first-order valence-corrected chi connectivity index (χ1v) is 16.3. The van der Waals surface area contributed by atoms with Crippen molar-refractivity contribution in [3.8, 4) is 5.75 Å². The SMILES string of the molecule is COc1cc(C(=O)CC2CCN(C)CC2)c(F)cc1Cc1ncc(C(F)(F)F)c(NCc2ccc(Cl)cc2N(C)S(C)(=O)=O)n1. The molecule has 1 aliphatic rings. The van der Waals surface area contributed by atoms with Crippen LogP contribution in [-0.4, -0.2) is 69.6 Å². The molecule has 1 aliphatic heterocycles. The van der Waals surface area contributed by atoms with E-state index >= 15 is 4.39 Å². The van der Waals surface area contributed by atoms with E-state index in [-0.39, 0.29) is 64.5 Å². The zero-order valence-electron chi connectivity index (χ0n) is 25.2. The lowest BCUT2D eigenvalue weighted by Crippen LogP contribution is -2.31. The Hall–Kier alpha value is -3.49. The van der Waals surface area contributed by atoms with Crippen LogP contribution < -0.4 is 14.4 Å². The molecule has 244 valence electrons. The van der Waals surface area contributed by atoms with Gasteiger partial charge in [-0.05, 0) is 68.7 Å². The van der Waals surface area contributed by atoms with E-state index < -0.39 is 33.4 Å². The van der Waals surface area contributed by atoms with Crippen LogP contribution in [0.25, 0.3) is 0 Å². The Morgan fingerprint density at radius 2 is 1.87 bits per heavy atom. The number of hydrogen-bond donors (Lipinski definition) is 1. The molecule has 0 bridgehead atoms. The number of likely N-dealkylation sites (tertiary alicyclic amines) is 1. The number of ether oxygens (including phenoxy) is 1. The molecule has 0 saturated carbocycles. The Morgan fingerprint density at radius 1 is 1.18 bits per heavy atom. The number of carbonyl (C=O) groups is 1. The highest BCUT2D eigenvalue weighted by Crippen LogP contribution is 2.35. The van der Waals surface area contributed by atoms with E-state index in [0.29, 0.717) is 11.8 Å². The number of piperidine rings is 1. The number of alkyl halides is 3. The van der Waals surface area contributed by atoms with Gasteiger partial charge in [0.2, 0.25) is 10.0 Å². The molecule has 1 saturated heterocycles. The Kier molecular flexibility index (Phi) is 10.6. The van der Waals surface area contributed by atoms with Gasteiger partial charge in [-0.15, -0.1) is 0 Å². The monoisotopic (exact) mass is 671 g/mol. The highest BCUT2D eigenvalue weighted by atomic mass is 35.5. The summed E-state index contributed by atoms with van der Waals surface area (Å²) in [7, 11) is 0.955. The number of ketones is 1. The molecule has 3 aromatic rings. The van der Waals surface area contributed by atoms with Gasteiger partial charge in [-0.3, -0.25) is 9.10 Å². The zero-order chi connectivity index (χ0) is 33.1. The van der Waals surface area contributed by atoms with Crippen molar-refractivity contribution in [2.24, 2.45) is 5.92 Å². The number of carbonyl (C=O) groups excluding carboxylic acids is 1. The summed E-state index contributed by atoms with van der Waals surface area (Å²) in [5.74, 6) is -1.40. The molecule has 1 fully saturated rings. The van der Waals surface area contributed by atoms with Gasteiger partial charge in [0, 0.05) is 43.2 Å². The molecular weight excluding hydrogens is 638 g/mol. The first-order chi connectivity index (χ1) is 21.1. The number of anilines is 2. The quantitative estimate of drug-likeness (QED) is 0.201. The third-order valence-corrected chi connectivity index (χ3v) is 9.23. The number of rotatable bonds is 11. The number of sulfonamides is 1. The Morgan fingerprint density at radius 3 is 2.49 bits per heavy atom. The molecule has 2 aromatic carbocycles. The lowest BCUT2D eigenvalue weighted by Gasteiger charge is -2.28. The van der Waals surface area contributed by atoms with Crippen LogP contribution in [0.5, 0.6) is 5.75 Å². The summed E-state index contributed by atoms with van der Waals surface area (Å²) in [5.41, 5.74) is -0.503. The molecule has 0 aliphatic carbocycles. The van der Waals surface area contributed by atoms with Gasteiger partial charge in [-0.1, -0.05) is 17.7 Å². The molecule has 0 spiro atoms. The third-order valence-electron chi connectivity index (χ3n) is 7.81. The van der Waals surface area contributed by atoms with Gasteiger partial charge in [0.15, 0.2) is 5.78 Å². The third kappa shape index (κ3) is 8.61. The van der Waals surface area contributed by atoms with Gasteiger partial charge >= 0.3 is 6.18 Å².